The average Bonchev–Trinajstić information content (AvgIpc) is 2.23. The number of halogens is 1. The average molecular weight is 287 g/mol. The Kier molecular flexibility index (Phi) is 4.76. The van der Waals surface area contributed by atoms with Crippen molar-refractivity contribution in [3.63, 3.8) is 0 Å². The van der Waals surface area contributed by atoms with Gasteiger partial charge in [-0.15, -0.1) is 0 Å². The largest absolute Gasteiger partial charge is 0.480 e. The summed E-state index contributed by atoms with van der Waals surface area (Å²) in [5.74, 6) is -0.858. The van der Waals surface area contributed by atoms with Crippen LogP contribution in [-0.2, 0) is 4.79 Å². The van der Waals surface area contributed by atoms with Gasteiger partial charge in [0.25, 0.3) is 0 Å². The molecular formula is C11H15BrN2O2. The zero-order valence-electron chi connectivity index (χ0n) is 9.25. The minimum Gasteiger partial charge on any atom is -0.480 e. The lowest BCUT2D eigenvalue weighted by Crippen LogP contribution is -2.39. The summed E-state index contributed by atoms with van der Waals surface area (Å²) in [6.45, 7) is 2.34. The number of benzene rings is 1. The first-order valence-electron chi connectivity index (χ1n) is 4.94. The first-order chi connectivity index (χ1) is 7.54. The monoisotopic (exact) mass is 286 g/mol. The summed E-state index contributed by atoms with van der Waals surface area (Å²) in [7, 11) is 1.63. The van der Waals surface area contributed by atoms with Crippen molar-refractivity contribution in [2.45, 2.75) is 13.0 Å². The zero-order chi connectivity index (χ0) is 12.1. The Balaban J connectivity index is 2.60. The summed E-state index contributed by atoms with van der Waals surface area (Å²) in [4.78, 5) is 10.8. The van der Waals surface area contributed by atoms with Crippen molar-refractivity contribution >= 4 is 27.6 Å². The number of likely N-dealkylation sites (N-methyl/N-ethyl adjacent to an activating group) is 1. The molecular weight excluding hydrogens is 272 g/mol. The van der Waals surface area contributed by atoms with Crippen molar-refractivity contribution in [2.75, 3.05) is 18.9 Å². The van der Waals surface area contributed by atoms with Gasteiger partial charge in [0.05, 0.1) is 0 Å². The van der Waals surface area contributed by atoms with E-state index in [1.165, 1.54) is 0 Å². The number of rotatable bonds is 5. The third-order valence-electron chi connectivity index (χ3n) is 2.31. The van der Waals surface area contributed by atoms with Gasteiger partial charge < -0.3 is 15.7 Å². The molecule has 0 amide bonds. The Morgan fingerprint density at radius 2 is 2.25 bits per heavy atom. The molecule has 1 unspecified atom stereocenters. The van der Waals surface area contributed by atoms with Crippen molar-refractivity contribution in [3.8, 4) is 0 Å². The Morgan fingerprint density at radius 3 is 2.75 bits per heavy atom. The second-order valence-electron chi connectivity index (χ2n) is 3.52. The molecule has 5 heteroatoms. The predicted molar refractivity (Wildman–Crippen MR) is 67.9 cm³/mol. The molecule has 0 aliphatic rings. The number of aliphatic carboxylic acids is 1. The van der Waals surface area contributed by atoms with Crippen molar-refractivity contribution < 1.29 is 9.90 Å². The van der Waals surface area contributed by atoms with Crippen molar-refractivity contribution in [2.24, 2.45) is 0 Å². The highest BCUT2D eigenvalue weighted by Crippen LogP contribution is 2.19. The van der Waals surface area contributed by atoms with Crippen LogP contribution in [0, 0.1) is 6.92 Å². The van der Waals surface area contributed by atoms with Gasteiger partial charge in [-0.25, -0.2) is 0 Å². The number of carboxylic acids is 1. The molecule has 3 N–H and O–H groups in total. The maximum Gasteiger partial charge on any atom is 0.322 e. The van der Waals surface area contributed by atoms with E-state index in [2.05, 4.69) is 26.6 Å². The predicted octanol–water partition coefficient (Wildman–Crippen LogP) is 1.84. The molecule has 1 rings (SSSR count). The molecule has 0 bridgehead atoms. The Labute approximate surface area is 103 Å². The third kappa shape index (κ3) is 3.50. The molecule has 1 aromatic rings. The Hall–Kier alpha value is -1.07. The zero-order valence-corrected chi connectivity index (χ0v) is 10.8. The van der Waals surface area contributed by atoms with Crippen LogP contribution in [-0.4, -0.2) is 30.7 Å². The van der Waals surface area contributed by atoms with Crippen molar-refractivity contribution in [1.29, 1.82) is 0 Å². The third-order valence-corrected chi connectivity index (χ3v) is 3.20. The fraction of sp³-hybridized carbons (Fsp3) is 0.364. The highest BCUT2D eigenvalue weighted by Gasteiger charge is 2.13. The van der Waals surface area contributed by atoms with Crippen LogP contribution in [0.4, 0.5) is 5.69 Å². The van der Waals surface area contributed by atoms with Gasteiger partial charge in [0.2, 0.25) is 0 Å². The highest BCUT2D eigenvalue weighted by molar-refractivity contribution is 9.10. The van der Waals surface area contributed by atoms with E-state index in [0.717, 1.165) is 15.7 Å². The van der Waals surface area contributed by atoms with Crippen molar-refractivity contribution in [1.82, 2.24) is 5.32 Å². The molecule has 0 saturated heterocycles. The van der Waals surface area contributed by atoms with Crippen LogP contribution >= 0.6 is 15.9 Å². The molecule has 0 aliphatic carbocycles. The summed E-state index contributed by atoms with van der Waals surface area (Å²) in [5.41, 5.74) is 2.03. The quantitative estimate of drug-likeness (QED) is 0.773. The maximum atomic E-state index is 10.8. The molecule has 0 fully saturated rings. The number of carbonyl (C=O) groups is 1. The lowest BCUT2D eigenvalue weighted by Gasteiger charge is -2.13. The van der Waals surface area contributed by atoms with Crippen LogP contribution in [0.5, 0.6) is 0 Å². The second kappa shape index (κ2) is 5.86. The number of nitrogens with one attached hydrogen (secondary N) is 2. The molecule has 0 heterocycles. The van der Waals surface area contributed by atoms with E-state index in [-0.39, 0.29) is 0 Å². The standard InChI is InChI=1S/C11H15BrN2O2/c1-7-5-8(3-4-9(7)12)14-6-10(13-2)11(15)16/h3-5,10,13-14H,6H2,1-2H3,(H,15,16). The van der Waals surface area contributed by atoms with E-state index in [0.29, 0.717) is 6.54 Å². The molecule has 88 valence electrons. The molecule has 4 nitrogen and oxygen atoms in total. The van der Waals surface area contributed by atoms with Gasteiger partial charge in [0.15, 0.2) is 0 Å². The van der Waals surface area contributed by atoms with Gasteiger partial charge in [0, 0.05) is 16.7 Å². The lowest BCUT2D eigenvalue weighted by atomic mass is 10.2. The van der Waals surface area contributed by atoms with E-state index in [9.17, 15) is 4.79 Å². The van der Waals surface area contributed by atoms with Crippen LogP contribution in [0.2, 0.25) is 0 Å². The minimum absolute atomic E-state index is 0.354. The van der Waals surface area contributed by atoms with Gasteiger partial charge in [-0.3, -0.25) is 4.79 Å². The molecule has 0 spiro atoms. The topological polar surface area (TPSA) is 61.4 Å². The molecule has 0 aliphatic heterocycles. The van der Waals surface area contributed by atoms with E-state index < -0.39 is 12.0 Å². The number of aryl methyl sites for hydroxylation is 1. The Morgan fingerprint density at radius 1 is 1.56 bits per heavy atom. The van der Waals surface area contributed by atoms with Crippen LogP contribution in [0.1, 0.15) is 5.56 Å². The van der Waals surface area contributed by atoms with Crippen molar-refractivity contribution in [3.05, 3.63) is 28.2 Å². The molecule has 0 saturated carbocycles. The first-order valence-corrected chi connectivity index (χ1v) is 5.74. The fourth-order valence-electron chi connectivity index (χ4n) is 1.29. The first kappa shape index (κ1) is 13.0. The van der Waals surface area contributed by atoms with E-state index in [4.69, 9.17) is 5.11 Å². The number of hydrogen-bond donors (Lipinski definition) is 3. The van der Waals surface area contributed by atoms with Gasteiger partial charge in [-0.1, -0.05) is 15.9 Å². The van der Waals surface area contributed by atoms with Crippen LogP contribution in [0.25, 0.3) is 0 Å². The summed E-state index contributed by atoms with van der Waals surface area (Å²) >= 11 is 3.41. The molecule has 1 aromatic carbocycles. The smallest absolute Gasteiger partial charge is 0.322 e. The normalized spacial score (nSPS) is 12.2. The van der Waals surface area contributed by atoms with E-state index >= 15 is 0 Å². The van der Waals surface area contributed by atoms with Crippen LogP contribution < -0.4 is 10.6 Å². The van der Waals surface area contributed by atoms with Gasteiger partial charge in [-0.05, 0) is 37.7 Å². The van der Waals surface area contributed by atoms with Gasteiger partial charge >= 0.3 is 5.97 Å². The van der Waals surface area contributed by atoms with Gasteiger partial charge in [-0.2, -0.15) is 0 Å². The molecule has 16 heavy (non-hydrogen) atoms. The van der Waals surface area contributed by atoms with Gasteiger partial charge in [0.1, 0.15) is 6.04 Å². The number of anilines is 1. The maximum absolute atomic E-state index is 10.8. The molecule has 0 aromatic heterocycles. The van der Waals surface area contributed by atoms with Crippen LogP contribution in [0.15, 0.2) is 22.7 Å². The Bertz CT molecular complexity index is 382. The fourth-order valence-corrected chi connectivity index (χ4v) is 1.53. The summed E-state index contributed by atoms with van der Waals surface area (Å²) < 4.78 is 1.04. The number of carboxylic acid groups (broad SMARTS) is 1. The molecule has 0 radical (unpaired) electrons. The summed E-state index contributed by atoms with van der Waals surface area (Å²) in [5, 5.41) is 14.6. The van der Waals surface area contributed by atoms with E-state index in [1.54, 1.807) is 7.05 Å². The highest BCUT2D eigenvalue weighted by atomic mass is 79.9. The second-order valence-corrected chi connectivity index (χ2v) is 4.38. The van der Waals surface area contributed by atoms with Crippen LogP contribution in [0.3, 0.4) is 0 Å². The molecule has 1 atom stereocenters. The summed E-state index contributed by atoms with van der Waals surface area (Å²) in [6.07, 6.45) is 0. The number of hydrogen-bond acceptors (Lipinski definition) is 3. The minimum atomic E-state index is -0.858. The lowest BCUT2D eigenvalue weighted by molar-refractivity contribution is -0.138. The van der Waals surface area contributed by atoms with E-state index in [1.807, 2.05) is 25.1 Å². The summed E-state index contributed by atoms with van der Waals surface area (Å²) in [6, 6.07) is 5.24. The SMILES string of the molecule is CNC(CNc1ccc(Br)c(C)c1)C(=O)O.